The molecule has 6 aromatic rings. The smallest absolute Gasteiger partial charge is 0.301 e. The Morgan fingerprint density at radius 2 is 1.71 bits per heavy atom. The Hall–Kier alpha value is -5.33. The lowest BCUT2D eigenvalue weighted by atomic mass is 9.96. The SMILES string of the molecule is Cc1cccn2c(C)c(C(O)=C3C(=O)C(=O)N(c4nnc(SCc5ccccc5F)s4)C3c3ccc(OCc4ccccc4)cc3)nc12. The number of ketones is 1. The monoisotopic (exact) mass is 677 g/mol. The number of anilines is 1. The van der Waals surface area contributed by atoms with Gasteiger partial charge in [0, 0.05) is 11.9 Å². The number of aliphatic hydroxyl groups is 1. The van der Waals surface area contributed by atoms with E-state index in [1.165, 1.54) is 22.7 Å². The summed E-state index contributed by atoms with van der Waals surface area (Å²) in [7, 11) is 0. The quantitative estimate of drug-likeness (QED) is 0.0553. The molecule has 1 saturated heterocycles. The number of aliphatic hydroxyl groups excluding tert-OH is 1. The minimum atomic E-state index is -1.03. The largest absolute Gasteiger partial charge is 0.505 e. The number of hydrogen-bond donors (Lipinski definition) is 1. The zero-order chi connectivity index (χ0) is 33.4. The van der Waals surface area contributed by atoms with Gasteiger partial charge in [-0.2, -0.15) is 0 Å². The number of carbonyl (C=O) groups is 2. The minimum absolute atomic E-state index is 0.113. The van der Waals surface area contributed by atoms with Crippen LogP contribution >= 0.6 is 23.1 Å². The van der Waals surface area contributed by atoms with Gasteiger partial charge < -0.3 is 14.2 Å². The Morgan fingerprint density at radius 1 is 0.958 bits per heavy atom. The predicted molar refractivity (Wildman–Crippen MR) is 183 cm³/mol. The minimum Gasteiger partial charge on any atom is -0.505 e. The van der Waals surface area contributed by atoms with Crippen LogP contribution in [0, 0.1) is 19.7 Å². The van der Waals surface area contributed by atoms with E-state index in [-0.39, 0.29) is 28.0 Å². The molecule has 9 nitrogen and oxygen atoms in total. The fraction of sp³-hybridized carbons (Fsp3) is 0.139. The lowest BCUT2D eigenvalue weighted by Crippen LogP contribution is -2.29. The third-order valence-corrected chi connectivity index (χ3v) is 10.2. The number of Topliss-reactive ketones (excluding diaryl/α,β-unsaturated/α-hetero) is 1. The average Bonchev–Trinajstić information content (AvgIpc) is 3.78. The number of hydrogen-bond acceptors (Lipinski definition) is 9. The van der Waals surface area contributed by atoms with Gasteiger partial charge in [-0.1, -0.05) is 89.8 Å². The van der Waals surface area contributed by atoms with Crippen LogP contribution < -0.4 is 9.64 Å². The van der Waals surface area contributed by atoms with Gasteiger partial charge in [0.2, 0.25) is 5.13 Å². The zero-order valence-electron chi connectivity index (χ0n) is 25.8. The number of amides is 1. The molecule has 0 spiro atoms. The lowest BCUT2D eigenvalue weighted by molar-refractivity contribution is -0.132. The summed E-state index contributed by atoms with van der Waals surface area (Å²) < 4.78 is 22.5. The molecular formula is C36H28FN5O4S2. The second-order valence-electron chi connectivity index (χ2n) is 11.2. The van der Waals surface area contributed by atoms with Crippen molar-refractivity contribution in [2.24, 2.45) is 0 Å². The van der Waals surface area contributed by atoms with Crippen molar-refractivity contribution in [1.82, 2.24) is 19.6 Å². The fourth-order valence-electron chi connectivity index (χ4n) is 5.62. The van der Waals surface area contributed by atoms with E-state index in [1.54, 1.807) is 49.4 Å². The van der Waals surface area contributed by atoms with E-state index >= 15 is 0 Å². The summed E-state index contributed by atoms with van der Waals surface area (Å²) >= 11 is 2.38. The fourth-order valence-corrected chi connectivity index (χ4v) is 7.47. The van der Waals surface area contributed by atoms with Crippen LogP contribution in [-0.2, 0) is 21.9 Å². The van der Waals surface area contributed by atoms with Gasteiger partial charge in [0.25, 0.3) is 5.78 Å². The maximum Gasteiger partial charge on any atom is 0.301 e. The molecule has 4 heterocycles. The van der Waals surface area contributed by atoms with Crippen molar-refractivity contribution in [3.05, 3.63) is 142 Å². The number of rotatable bonds is 9. The number of carbonyl (C=O) groups excluding carboxylic acids is 2. The number of pyridine rings is 1. The van der Waals surface area contributed by atoms with Crippen molar-refractivity contribution in [3.63, 3.8) is 0 Å². The van der Waals surface area contributed by atoms with Crippen LogP contribution in [0.1, 0.15) is 39.7 Å². The highest BCUT2D eigenvalue weighted by Gasteiger charge is 2.49. The van der Waals surface area contributed by atoms with E-state index in [9.17, 15) is 19.1 Å². The third-order valence-electron chi connectivity index (χ3n) is 8.11. The number of thioether (sulfide) groups is 1. The molecule has 1 N–H and O–H groups in total. The number of benzene rings is 3. The number of nitrogens with zero attached hydrogens (tertiary/aromatic N) is 5. The van der Waals surface area contributed by atoms with E-state index in [4.69, 9.17) is 4.74 Å². The molecule has 7 rings (SSSR count). The van der Waals surface area contributed by atoms with Gasteiger partial charge >= 0.3 is 5.91 Å². The van der Waals surface area contributed by atoms with Gasteiger partial charge in [0.05, 0.1) is 17.3 Å². The Labute approximate surface area is 283 Å². The maximum atomic E-state index is 14.2. The summed E-state index contributed by atoms with van der Waals surface area (Å²) in [5.74, 6) is -1.54. The molecule has 1 aliphatic heterocycles. The van der Waals surface area contributed by atoms with Gasteiger partial charge in [0.1, 0.15) is 29.5 Å². The highest BCUT2D eigenvalue weighted by Crippen LogP contribution is 2.44. The summed E-state index contributed by atoms with van der Waals surface area (Å²) in [5, 5.41) is 20.5. The third kappa shape index (κ3) is 5.84. The van der Waals surface area contributed by atoms with Crippen LogP contribution in [-0.4, -0.2) is 36.4 Å². The molecule has 3 aromatic carbocycles. The Balaban J connectivity index is 1.27. The van der Waals surface area contributed by atoms with Crippen molar-refractivity contribution in [2.45, 2.75) is 36.6 Å². The first-order chi connectivity index (χ1) is 23.3. The first-order valence-electron chi connectivity index (χ1n) is 15.0. The molecule has 1 fully saturated rings. The van der Waals surface area contributed by atoms with Crippen molar-refractivity contribution in [2.75, 3.05) is 4.90 Å². The molecule has 0 aliphatic carbocycles. The number of halogens is 1. The van der Waals surface area contributed by atoms with Crippen molar-refractivity contribution in [1.29, 1.82) is 0 Å². The summed E-state index contributed by atoms with van der Waals surface area (Å²) in [6, 6.07) is 26.0. The highest BCUT2D eigenvalue weighted by molar-refractivity contribution is 8.00. The van der Waals surface area contributed by atoms with Crippen LogP contribution in [0.25, 0.3) is 11.4 Å². The highest BCUT2D eigenvalue weighted by atomic mass is 32.2. The Kier molecular flexibility index (Phi) is 8.50. The number of ether oxygens (including phenoxy) is 1. The summed E-state index contributed by atoms with van der Waals surface area (Å²) in [4.78, 5) is 33.5. The maximum absolute atomic E-state index is 14.2. The number of aromatic nitrogens is 4. The molecule has 3 aromatic heterocycles. The lowest BCUT2D eigenvalue weighted by Gasteiger charge is -2.22. The summed E-state index contributed by atoms with van der Waals surface area (Å²) in [6.45, 7) is 4.06. The summed E-state index contributed by atoms with van der Waals surface area (Å²) in [5.41, 5.74) is 4.28. The van der Waals surface area contributed by atoms with Crippen molar-refractivity contribution < 1.29 is 23.8 Å². The molecule has 48 heavy (non-hydrogen) atoms. The average molecular weight is 678 g/mol. The first-order valence-corrected chi connectivity index (χ1v) is 16.8. The second kappa shape index (κ2) is 13.1. The Morgan fingerprint density at radius 3 is 2.46 bits per heavy atom. The van der Waals surface area contributed by atoms with E-state index in [2.05, 4.69) is 15.2 Å². The van der Waals surface area contributed by atoms with Gasteiger partial charge in [0.15, 0.2) is 10.1 Å². The van der Waals surface area contributed by atoms with Gasteiger partial charge in [-0.05, 0) is 60.4 Å². The molecule has 1 atom stereocenters. The number of aryl methyl sites for hydroxylation is 2. The van der Waals surface area contributed by atoms with Crippen molar-refractivity contribution in [3.8, 4) is 5.75 Å². The molecule has 0 bridgehead atoms. The number of imidazole rings is 1. The topological polar surface area (TPSA) is 110 Å². The summed E-state index contributed by atoms with van der Waals surface area (Å²) in [6.07, 6.45) is 1.83. The molecule has 1 amide bonds. The molecule has 0 saturated carbocycles. The molecule has 0 radical (unpaired) electrons. The van der Waals surface area contributed by atoms with Crippen LogP contribution in [0.4, 0.5) is 9.52 Å². The molecule has 1 aliphatic rings. The number of fused-ring (bicyclic) bond motifs is 1. The molecule has 1 unspecified atom stereocenters. The molecule has 240 valence electrons. The van der Waals surface area contributed by atoms with E-state index in [0.29, 0.717) is 44.9 Å². The van der Waals surface area contributed by atoms with Crippen LogP contribution in [0.5, 0.6) is 5.75 Å². The van der Waals surface area contributed by atoms with Gasteiger partial charge in [-0.3, -0.25) is 14.5 Å². The Bertz CT molecular complexity index is 2200. The van der Waals surface area contributed by atoms with E-state index in [0.717, 1.165) is 22.5 Å². The standard InChI is InChI=1S/C36H28FN5O4S2/c1-21-9-8-18-41-22(2)29(38-33(21)41)31(43)28-30(24-14-16-26(17-15-24)46-19-23-10-4-3-5-11-23)42(34(45)32(28)44)35-39-40-36(48-35)47-20-25-12-6-7-13-27(25)37/h3-18,30,43H,19-20H2,1-2H3. The van der Waals surface area contributed by atoms with Crippen LogP contribution in [0.15, 0.2) is 107 Å². The van der Waals surface area contributed by atoms with Gasteiger partial charge in [-0.15, -0.1) is 10.2 Å². The first kappa shape index (κ1) is 31.3. The zero-order valence-corrected chi connectivity index (χ0v) is 27.5. The second-order valence-corrected chi connectivity index (χ2v) is 13.4. The predicted octanol–water partition coefficient (Wildman–Crippen LogP) is 7.44. The van der Waals surface area contributed by atoms with E-state index < -0.39 is 17.7 Å². The van der Waals surface area contributed by atoms with Crippen molar-refractivity contribution >= 4 is 51.3 Å². The molecular weight excluding hydrogens is 650 g/mol. The molecule has 12 heteroatoms. The van der Waals surface area contributed by atoms with Crippen LogP contribution in [0.3, 0.4) is 0 Å². The van der Waals surface area contributed by atoms with Gasteiger partial charge in [-0.25, -0.2) is 9.37 Å². The normalized spacial score (nSPS) is 15.8. The van der Waals surface area contributed by atoms with E-state index in [1.807, 2.05) is 60.0 Å². The van der Waals surface area contributed by atoms with Crippen LogP contribution in [0.2, 0.25) is 0 Å².